The number of amides is 3. The minimum Gasteiger partial charge on any atom is -0.497 e. The van der Waals surface area contributed by atoms with Crippen LogP contribution in [-0.4, -0.2) is 44.5 Å². The Kier molecular flexibility index (Phi) is 8.16. The summed E-state index contributed by atoms with van der Waals surface area (Å²) in [5.74, 6) is -1.27. The number of rotatable bonds is 9. The van der Waals surface area contributed by atoms with Crippen molar-refractivity contribution in [2.45, 2.75) is 6.92 Å². The Morgan fingerprint density at radius 2 is 1.54 bits per heavy atom. The summed E-state index contributed by atoms with van der Waals surface area (Å²) in [6.45, 7) is 1.92. The van der Waals surface area contributed by atoms with Gasteiger partial charge in [0.15, 0.2) is 0 Å². The number of carbonyl (C=O) groups excluding carboxylic acids is 4. The second-order valence-corrected chi connectivity index (χ2v) is 8.50. The van der Waals surface area contributed by atoms with Crippen molar-refractivity contribution in [3.63, 3.8) is 0 Å². The second kappa shape index (κ2) is 11.7. The smallest absolute Gasteiger partial charge is 0.338 e. The minimum atomic E-state index is -0.712. The van der Waals surface area contributed by atoms with Gasteiger partial charge in [-0.3, -0.25) is 14.4 Å². The van der Waals surface area contributed by atoms with Gasteiger partial charge in [-0.2, -0.15) is 0 Å². The van der Waals surface area contributed by atoms with E-state index in [9.17, 15) is 19.2 Å². The number of benzene rings is 3. The molecule has 10 nitrogen and oxygen atoms in total. The van der Waals surface area contributed by atoms with E-state index in [0.717, 1.165) is 4.90 Å². The number of ether oxygens (including phenoxy) is 3. The standard InChI is InChI=1S/C28H24ClN3O7/c1-4-39-28(36)17-7-11-19(12-8-17)32-26(34)23(29)24(27(32)35)30-18-9-5-16(6-10-18)25(33)31-21-15-20(37-2)13-14-22(21)38-3/h5-15,30H,4H2,1-3H3,(H,31,33). The Hall–Kier alpha value is -4.83. The molecule has 1 aliphatic heterocycles. The summed E-state index contributed by atoms with van der Waals surface area (Å²) in [6.07, 6.45) is 0. The first-order valence-corrected chi connectivity index (χ1v) is 12.1. The van der Waals surface area contributed by atoms with E-state index >= 15 is 0 Å². The number of halogens is 1. The molecule has 2 N–H and O–H groups in total. The van der Waals surface area contributed by atoms with Crippen molar-refractivity contribution in [1.29, 1.82) is 0 Å². The monoisotopic (exact) mass is 549 g/mol. The lowest BCUT2D eigenvalue weighted by Crippen LogP contribution is -2.32. The largest absolute Gasteiger partial charge is 0.497 e. The Bertz CT molecular complexity index is 1470. The van der Waals surface area contributed by atoms with Crippen LogP contribution in [0.25, 0.3) is 0 Å². The van der Waals surface area contributed by atoms with Crippen LogP contribution in [0.4, 0.5) is 17.1 Å². The summed E-state index contributed by atoms with van der Waals surface area (Å²) in [4.78, 5) is 51.4. The molecular weight excluding hydrogens is 526 g/mol. The number of esters is 1. The van der Waals surface area contributed by atoms with Gasteiger partial charge in [-0.25, -0.2) is 9.69 Å². The molecule has 0 unspecified atom stereocenters. The normalized spacial score (nSPS) is 12.9. The van der Waals surface area contributed by atoms with E-state index < -0.39 is 23.7 Å². The van der Waals surface area contributed by atoms with Crippen molar-refractivity contribution in [2.24, 2.45) is 0 Å². The van der Waals surface area contributed by atoms with E-state index in [1.54, 1.807) is 49.4 Å². The van der Waals surface area contributed by atoms with Crippen LogP contribution in [0.1, 0.15) is 27.6 Å². The number of anilines is 3. The van der Waals surface area contributed by atoms with Gasteiger partial charge in [0.25, 0.3) is 17.7 Å². The topological polar surface area (TPSA) is 123 Å². The second-order valence-electron chi connectivity index (χ2n) is 8.12. The van der Waals surface area contributed by atoms with Crippen LogP contribution in [0.2, 0.25) is 0 Å². The molecule has 0 spiro atoms. The van der Waals surface area contributed by atoms with Gasteiger partial charge in [-0.1, -0.05) is 11.6 Å². The van der Waals surface area contributed by atoms with Crippen LogP contribution < -0.4 is 25.0 Å². The maximum Gasteiger partial charge on any atom is 0.338 e. The molecule has 11 heteroatoms. The molecule has 3 amide bonds. The fraction of sp³-hybridized carbons (Fsp3) is 0.143. The zero-order chi connectivity index (χ0) is 28.1. The highest BCUT2D eigenvalue weighted by molar-refractivity contribution is 6.53. The van der Waals surface area contributed by atoms with Crippen LogP contribution >= 0.6 is 11.6 Å². The van der Waals surface area contributed by atoms with Crippen molar-refractivity contribution < 1.29 is 33.4 Å². The van der Waals surface area contributed by atoms with E-state index in [1.165, 1.54) is 38.5 Å². The number of hydrogen-bond acceptors (Lipinski definition) is 8. The number of carbonyl (C=O) groups is 4. The highest BCUT2D eigenvalue weighted by Crippen LogP contribution is 2.31. The molecule has 1 aliphatic rings. The highest BCUT2D eigenvalue weighted by atomic mass is 35.5. The van der Waals surface area contributed by atoms with Crippen molar-refractivity contribution in [3.05, 3.63) is 88.6 Å². The van der Waals surface area contributed by atoms with Gasteiger partial charge in [0, 0.05) is 17.3 Å². The molecule has 0 bridgehead atoms. The molecule has 39 heavy (non-hydrogen) atoms. The summed E-state index contributed by atoms with van der Waals surface area (Å²) >= 11 is 6.21. The van der Waals surface area contributed by atoms with Crippen molar-refractivity contribution in [2.75, 3.05) is 36.4 Å². The van der Waals surface area contributed by atoms with Gasteiger partial charge in [0.2, 0.25) is 0 Å². The minimum absolute atomic E-state index is 0.116. The van der Waals surface area contributed by atoms with Gasteiger partial charge in [-0.15, -0.1) is 0 Å². The molecule has 0 radical (unpaired) electrons. The van der Waals surface area contributed by atoms with E-state index in [-0.39, 0.29) is 28.6 Å². The van der Waals surface area contributed by atoms with Crippen molar-refractivity contribution in [1.82, 2.24) is 0 Å². The van der Waals surface area contributed by atoms with Crippen molar-refractivity contribution >= 4 is 52.4 Å². The molecular formula is C28H24ClN3O7. The molecule has 3 aromatic carbocycles. The molecule has 0 aliphatic carbocycles. The predicted molar refractivity (Wildman–Crippen MR) is 145 cm³/mol. The lowest BCUT2D eigenvalue weighted by molar-refractivity contribution is -0.120. The number of nitrogens with zero attached hydrogens (tertiary/aromatic N) is 1. The zero-order valence-electron chi connectivity index (χ0n) is 21.2. The van der Waals surface area contributed by atoms with Crippen LogP contribution in [0.5, 0.6) is 11.5 Å². The summed E-state index contributed by atoms with van der Waals surface area (Å²) in [5.41, 5.74) is 1.61. The van der Waals surface area contributed by atoms with E-state index in [0.29, 0.717) is 28.4 Å². The SMILES string of the molecule is CCOC(=O)c1ccc(N2C(=O)C(Cl)=C(Nc3ccc(C(=O)Nc4cc(OC)ccc4OC)cc3)C2=O)cc1. The van der Waals surface area contributed by atoms with Crippen LogP contribution in [0.3, 0.4) is 0 Å². The zero-order valence-corrected chi connectivity index (χ0v) is 22.0. The number of hydrogen-bond donors (Lipinski definition) is 2. The van der Waals surface area contributed by atoms with E-state index in [2.05, 4.69) is 10.6 Å². The third kappa shape index (κ3) is 5.70. The van der Waals surface area contributed by atoms with E-state index in [4.69, 9.17) is 25.8 Å². The molecule has 4 rings (SSSR count). The van der Waals surface area contributed by atoms with Gasteiger partial charge >= 0.3 is 5.97 Å². The summed E-state index contributed by atoms with van der Waals surface area (Å²) in [7, 11) is 3.01. The molecule has 0 saturated heterocycles. The lowest BCUT2D eigenvalue weighted by Gasteiger charge is -2.15. The number of methoxy groups -OCH3 is 2. The molecule has 0 saturated carbocycles. The first-order chi connectivity index (χ1) is 18.8. The van der Waals surface area contributed by atoms with Crippen LogP contribution in [-0.2, 0) is 14.3 Å². The third-order valence-electron chi connectivity index (χ3n) is 5.74. The quantitative estimate of drug-likeness (QED) is 0.294. The first kappa shape index (κ1) is 27.2. The maximum atomic E-state index is 13.1. The average molecular weight is 550 g/mol. The highest BCUT2D eigenvalue weighted by Gasteiger charge is 2.39. The number of nitrogens with one attached hydrogen (secondary N) is 2. The fourth-order valence-electron chi connectivity index (χ4n) is 3.76. The summed E-state index contributed by atoms with van der Waals surface area (Å²) in [6, 6.07) is 17.1. The van der Waals surface area contributed by atoms with Gasteiger partial charge in [-0.05, 0) is 67.6 Å². The lowest BCUT2D eigenvalue weighted by atomic mass is 10.1. The Morgan fingerprint density at radius 3 is 2.15 bits per heavy atom. The summed E-state index contributed by atoms with van der Waals surface area (Å²) in [5, 5.41) is 5.35. The predicted octanol–water partition coefficient (Wildman–Crippen LogP) is 4.57. The van der Waals surface area contributed by atoms with Crippen molar-refractivity contribution in [3.8, 4) is 11.5 Å². The van der Waals surface area contributed by atoms with E-state index in [1.807, 2.05) is 0 Å². The average Bonchev–Trinajstić information content (AvgIpc) is 3.16. The Morgan fingerprint density at radius 1 is 0.872 bits per heavy atom. The Balaban J connectivity index is 1.46. The number of imide groups is 1. The van der Waals surface area contributed by atoms with Crippen LogP contribution in [0.15, 0.2) is 77.5 Å². The van der Waals surface area contributed by atoms with Crippen LogP contribution in [0, 0.1) is 0 Å². The third-order valence-corrected chi connectivity index (χ3v) is 6.09. The molecule has 1 heterocycles. The molecule has 3 aromatic rings. The summed E-state index contributed by atoms with van der Waals surface area (Å²) < 4.78 is 15.4. The molecule has 0 atom stereocenters. The molecule has 0 aromatic heterocycles. The molecule has 200 valence electrons. The Labute approximate surface area is 229 Å². The maximum absolute atomic E-state index is 13.1. The van der Waals surface area contributed by atoms with Gasteiger partial charge in [0.1, 0.15) is 22.2 Å². The molecule has 0 fully saturated rings. The first-order valence-electron chi connectivity index (χ1n) is 11.7. The van der Waals surface area contributed by atoms with Gasteiger partial charge < -0.3 is 24.8 Å². The fourth-order valence-corrected chi connectivity index (χ4v) is 3.97. The van der Waals surface area contributed by atoms with Gasteiger partial charge in [0.05, 0.1) is 37.8 Å².